The first-order chi connectivity index (χ1) is 7.85. The number of nitrogens with zero attached hydrogens (tertiary/aromatic N) is 3. The van der Waals surface area contributed by atoms with E-state index in [1.807, 2.05) is 6.92 Å². The summed E-state index contributed by atoms with van der Waals surface area (Å²) in [6.07, 6.45) is 4.00. The van der Waals surface area contributed by atoms with Crippen molar-refractivity contribution in [2.45, 2.75) is 25.8 Å². The van der Waals surface area contributed by atoms with Crippen LogP contribution in [0.25, 0.3) is 0 Å². The van der Waals surface area contributed by atoms with Gasteiger partial charge in [0.25, 0.3) is 0 Å². The van der Waals surface area contributed by atoms with E-state index in [0.29, 0.717) is 24.4 Å². The van der Waals surface area contributed by atoms with Crippen molar-refractivity contribution in [1.29, 1.82) is 0 Å². The monoisotopic (exact) mass is 241 g/mol. The van der Waals surface area contributed by atoms with Gasteiger partial charge in [0, 0.05) is 30.7 Å². The van der Waals surface area contributed by atoms with Crippen molar-refractivity contribution in [3.05, 3.63) is 12.3 Å². The fourth-order valence-electron chi connectivity index (χ4n) is 1.96. The molecule has 2 rings (SSSR count). The highest BCUT2D eigenvalue weighted by atomic mass is 35.5. The Morgan fingerprint density at radius 1 is 1.62 bits per heavy atom. The van der Waals surface area contributed by atoms with Crippen LogP contribution < -0.4 is 9.64 Å². The number of anilines is 1. The first-order valence-electron chi connectivity index (χ1n) is 5.63. The second-order valence-corrected chi connectivity index (χ2v) is 4.08. The minimum absolute atomic E-state index is 0.360. The van der Waals surface area contributed by atoms with Crippen LogP contribution >= 0.6 is 11.6 Å². The maximum absolute atomic E-state index is 5.92. The van der Waals surface area contributed by atoms with Crippen LogP contribution in [-0.2, 0) is 0 Å². The highest BCUT2D eigenvalue weighted by Crippen LogP contribution is 2.24. The van der Waals surface area contributed by atoms with Gasteiger partial charge in [0.2, 0.25) is 11.8 Å². The normalized spacial score (nSPS) is 20.1. The molecule has 0 aliphatic carbocycles. The predicted octanol–water partition coefficient (Wildman–Crippen LogP) is 2.08. The lowest BCUT2D eigenvalue weighted by Crippen LogP contribution is -2.32. The van der Waals surface area contributed by atoms with E-state index >= 15 is 0 Å². The third kappa shape index (κ3) is 2.38. The molecule has 16 heavy (non-hydrogen) atoms. The lowest BCUT2D eigenvalue weighted by Gasteiger charge is -2.22. The third-order valence-electron chi connectivity index (χ3n) is 2.72. The molecule has 1 unspecified atom stereocenters. The Labute approximate surface area is 101 Å². The number of hydrogen-bond donors (Lipinski definition) is 0. The van der Waals surface area contributed by atoms with Gasteiger partial charge in [0.15, 0.2) is 0 Å². The first-order valence-corrected chi connectivity index (χ1v) is 6.17. The topological polar surface area (TPSA) is 38.2 Å². The molecule has 0 spiro atoms. The predicted molar refractivity (Wildman–Crippen MR) is 64.3 cm³/mol. The minimum atomic E-state index is 0.360. The zero-order chi connectivity index (χ0) is 11.4. The number of aromatic nitrogens is 2. The van der Waals surface area contributed by atoms with Crippen LogP contribution in [0.5, 0.6) is 5.88 Å². The lowest BCUT2D eigenvalue weighted by molar-refractivity contribution is 0.326. The number of hydrogen-bond acceptors (Lipinski definition) is 4. The van der Waals surface area contributed by atoms with Crippen LogP contribution in [0.3, 0.4) is 0 Å². The molecule has 0 amide bonds. The molecule has 1 atom stereocenters. The number of rotatable bonds is 4. The molecule has 0 N–H and O–H groups in total. The van der Waals surface area contributed by atoms with Gasteiger partial charge in [-0.1, -0.05) is 0 Å². The Morgan fingerprint density at radius 2 is 2.50 bits per heavy atom. The van der Waals surface area contributed by atoms with Crippen molar-refractivity contribution in [1.82, 2.24) is 9.97 Å². The van der Waals surface area contributed by atoms with E-state index in [1.165, 1.54) is 0 Å². The molecular weight excluding hydrogens is 226 g/mol. The highest BCUT2D eigenvalue weighted by Gasteiger charge is 2.25. The Kier molecular flexibility index (Phi) is 3.83. The molecule has 1 saturated heterocycles. The molecule has 0 bridgehead atoms. The van der Waals surface area contributed by atoms with E-state index in [1.54, 1.807) is 12.3 Å². The summed E-state index contributed by atoms with van der Waals surface area (Å²) in [5.74, 6) is 1.99. The van der Waals surface area contributed by atoms with E-state index in [-0.39, 0.29) is 0 Å². The van der Waals surface area contributed by atoms with Crippen molar-refractivity contribution in [2.24, 2.45) is 0 Å². The molecule has 0 aromatic carbocycles. The summed E-state index contributed by atoms with van der Waals surface area (Å²) < 4.78 is 5.36. The SMILES string of the molecule is CCOc1ccnc(N2CCCC2CCl)n1. The van der Waals surface area contributed by atoms with Crippen LogP contribution in [0.1, 0.15) is 19.8 Å². The van der Waals surface area contributed by atoms with Gasteiger partial charge in [0.05, 0.1) is 6.61 Å². The molecule has 2 heterocycles. The van der Waals surface area contributed by atoms with E-state index in [4.69, 9.17) is 16.3 Å². The molecule has 1 fully saturated rings. The first kappa shape index (κ1) is 11.5. The summed E-state index contributed by atoms with van der Waals surface area (Å²) in [6, 6.07) is 2.14. The van der Waals surface area contributed by atoms with Crippen molar-refractivity contribution >= 4 is 17.5 Å². The van der Waals surface area contributed by atoms with Crippen LogP contribution in [0.4, 0.5) is 5.95 Å². The van der Waals surface area contributed by atoms with Gasteiger partial charge >= 0.3 is 0 Å². The third-order valence-corrected chi connectivity index (χ3v) is 3.08. The van der Waals surface area contributed by atoms with Gasteiger partial charge in [-0.15, -0.1) is 11.6 Å². The smallest absolute Gasteiger partial charge is 0.228 e. The van der Waals surface area contributed by atoms with E-state index in [0.717, 1.165) is 25.3 Å². The highest BCUT2D eigenvalue weighted by molar-refractivity contribution is 6.18. The van der Waals surface area contributed by atoms with E-state index < -0.39 is 0 Å². The molecule has 5 heteroatoms. The molecule has 0 radical (unpaired) electrons. The fraction of sp³-hybridized carbons (Fsp3) is 0.636. The molecule has 1 aliphatic rings. The van der Waals surface area contributed by atoms with Crippen LogP contribution in [0.2, 0.25) is 0 Å². The fourth-order valence-corrected chi connectivity index (χ4v) is 2.28. The Balaban J connectivity index is 2.16. The van der Waals surface area contributed by atoms with Crippen LogP contribution in [-0.4, -0.2) is 35.0 Å². The zero-order valence-corrected chi connectivity index (χ0v) is 10.2. The van der Waals surface area contributed by atoms with Gasteiger partial charge in [0.1, 0.15) is 0 Å². The second kappa shape index (κ2) is 5.34. The molecule has 1 aliphatic heterocycles. The Hall–Kier alpha value is -1.03. The largest absolute Gasteiger partial charge is 0.478 e. The number of alkyl halides is 1. The van der Waals surface area contributed by atoms with Gasteiger partial charge in [-0.3, -0.25) is 0 Å². The summed E-state index contributed by atoms with van der Waals surface area (Å²) in [5.41, 5.74) is 0. The summed E-state index contributed by atoms with van der Waals surface area (Å²) in [5, 5.41) is 0. The van der Waals surface area contributed by atoms with E-state index in [2.05, 4.69) is 14.9 Å². The van der Waals surface area contributed by atoms with Crippen LogP contribution in [0.15, 0.2) is 12.3 Å². The maximum Gasteiger partial charge on any atom is 0.228 e. The Morgan fingerprint density at radius 3 is 3.25 bits per heavy atom. The van der Waals surface area contributed by atoms with Gasteiger partial charge in [-0.2, -0.15) is 4.98 Å². The second-order valence-electron chi connectivity index (χ2n) is 3.77. The molecule has 1 aromatic rings. The number of ether oxygens (including phenoxy) is 1. The molecular formula is C11H16ClN3O. The lowest BCUT2D eigenvalue weighted by atomic mass is 10.2. The zero-order valence-electron chi connectivity index (χ0n) is 9.40. The van der Waals surface area contributed by atoms with Crippen molar-refractivity contribution in [3.63, 3.8) is 0 Å². The summed E-state index contributed by atoms with van der Waals surface area (Å²) in [6.45, 7) is 3.54. The van der Waals surface area contributed by atoms with Crippen molar-refractivity contribution in [2.75, 3.05) is 23.9 Å². The molecule has 0 saturated carbocycles. The minimum Gasteiger partial charge on any atom is -0.478 e. The number of halogens is 1. The van der Waals surface area contributed by atoms with Gasteiger partial charge in [-0.05, 0) is 19.8 Å². The molecule has 4 nitrogen and oxygen atoms in total. The van der Waals surface area contributed by atoms with Crippen molar-refractivity contribution < 1.29 is 4.74 Å². The Bertz CT molecular complexity index is 348. The average molecular weight is 242 g/mol. The quantitative estimate of drug-likeness (QED) is 0.757. The average Bonchev–Trinajstić information content (AvgIpc) is 2.78. The van der Waals surface area contributed by atoms with Gasteiger partial charge < -0.3 is 9.64 Å². The van der Waals surface area contributed by atoms with E-state index in [9.17, 15) is 0 Å². The summed E-state index contributed by atoms with van der Waals surface area (Å²) in [7, 11) is 0. The van der Waals surface area contributed by atoms with Crippen LogP contribution in [0, 0.1) is 0 Å². The summed E-state index contributed by atoms with van der Waals surface area (Å²) >= 11 is 5.92. The van der Waals surface area contributed by atoms with Crippen molar-refractivity contribution in [3.8, 4) is 5.88 Å². The molecule has 88 valence electrons. The molecule has 1 aromatic heterocycles. The van der Waals surface area contributed by atoms with Gasteiger partial charge in [-0.25, -0.2) is 4.98 Å². The standard InChI is InChI=1S/C11H16ClN3O/c1-2-16-10-5-6-13-11(14-10)15-7-3-4-9(15)8-12/h5-6,9H,2-4,7-8H2,1H3. The maximum atomic E-state index is 5.92. The summed E-state index contributed by atoms with van der Waals surface area (Å²) in [4.78, 5) is 10.8.